The molecule has 0 aliphatic rings. The summed E-state index contributed by atoms with van der Waals surface area (Å²) in [7, 11) is 0. The maximum atomic E-state index is 12.1. The van der Waals surface area contributed by atoms with Gasteiger partial charge in [-0.1, -0.05) is 41.4 Å². The Kier molecular flexibility index (Phi) is 2.37. The molecular weight excluding hydrogens is 297 g/mol. The average molecular weight is 304 g/mol. The third-order valence-electron chi connectivity index (χ3n) is 3.38. The van der Waals surface area contributed by atoms with E-state index in [1.54, 1.807) is 24.3 Å². The summed E-state index contributed by atoms with van der Waals surface area (Å²) in [4.78, 5) is 15.3. The van der Waals surface area contributed by atoms with E-state index in [0.717, 1.165) is 16.4 Å². The van der Waals surface area contributed by atoms with Gasteiger partial charge in [-0.25, -0.2) is 4.79 Å². The smallest absolute Gasteiger partial charge is 0.344 e. The van der Waals surface area contributed by atoms with Crippen molar-refractivity contribution in [2.24, 2.45) is 0 Å². The van der Waals surface area contributed by atoms with Crippen LogP contribution in [0, 0.1) is 0 Å². The highest BCUT2D eigenvalue weighted by Crippen LogP contribution is 2.35. The Morgan fingerprint density at radius 2 is 1.80 bits per heavy atom. The summed E-state index contributed by atoms with van der Waals surface area (Å²) in [5, 5.41) is 3.00. The molecule has 0 bridgehead atoms. The number of hydrogen-bond acceptors (Lipinski definition) is 2. The summed E-state index contributed by atoms with van der Waals surface area (Å²) >= 11 is 12.2. The van der Waals surface area contributed by atoms with Crippen molar-refractivity contribution < 1.29 is 4.42 Å². The molecule has 0 spiro atoms. The van der Waals surface area contributed by atoms with Gasteiger partial charge in [-0.2, -0.15) is 0 Å². The van der Waals surface area contributed by atoms with E-state index in [1.807, 2.05) is 12.1 Å². The van der Waals surface area contributed by atoms with Crippen molar-refractivity contribution in [3.8, 4) is 0 Å². The van der Waals surface area contributed by atoms with Gasteiger partial charge in [0.2, 0.25) is 0 Å². The third-order valence-corrected chi connectivity index (χ3v) is 3.90. The van der Waals surface area contributed by atoms with Crippen molar-refractivity contribution in [3.05, 3.63) is 56.9 Å². The number of aromatic nitrogens is 1. The molecular formula is C15H7Cl2NO2. The summed E-state index contributed by atoms with van der Waals surface area (Å²) < 4.78 is 5.43. The van der Waals surface area contributed by atoms with Gasteiger partial charge in [0, 0.05) is 10.4 Å². The first kappa shape index (κ1) is 11.8. The molecule has 2 aromatic carbocycles. The first-order chi connectivity index (χ1) is 9.65. The second-order valence-corrected chi connectivity index (χ2v) is 5.42. The summed E-state index contributed by atoms with van der Waals surface area (Å²) in [6.45, 7) is 0. The highest BCUT2D eigenvalue weighted by atomic mass is 35.5. The molecule has 1 N–H and O–H groups in total. The van der Waals surface area contributed by atoms with Crippen LogP contribution < -0.4 is 5.63 Å². The fourth-order valence-electron chi connectivity index (χ4n) is 2.54. The van der Waals surface area contributed by atoms with Crippen LogP contribution in [0.5, 0.6) is 0 Å². The summed E-state index contributed by atoms with van der Waals surface area (Å²) in [5.41, 5.74) is 1.58. The standard InChI is InChI=1S/C15H7Cl2NO2/c16-7-5-10(17)12-11(6-7)18-13-8-3-1-2-4-9(8)15(19)20-14(12)13/h1-6,18H. The molecule has 0 amide bonds. The predicted molar refractivity (Wildman–Crippen MR) is 81.9 cm³/mol. The van der Waals surface area contributed by atoms with E-state index in [1.165, 1.54) is 0 Å². The molecule has 0 saturated heterocycles. The van der Waals surface area contributed by atoms with Crippen molar-refractivity contribution in [1.82, 2.24) is 4.98 Å². The topological polar surface area (TPSA) is 46.0 Å². The van der Waals surface area contributed by atoms with E-state index >= 15 is 0 Å². The van der Waals surface area contributed by atoms with Crippen LogP contribution in [0.25, 0.3) is 32.8 Å². The third kappa shape index (κ3) is 1.51. The van der Waals surface area contributed by atoms with Gasteiger partial charge >= 0.3 is 5.63 Å². The maximum Gasteiger partial charge on any atom is 0.344 e. The lowest BCUT2D eigenvalue weighted by Crippen LogP contribution is -1.98. The Balaban J connectivity index is 2.37. The van der Waals surface area contributed by atoms with Gasteiger partial charge in [0.05, 0.1) is 26.8 Å². The van der Waals surface area contributed by atoms with Crippen LogP contribution in [-0.4, -0.2) is 4.98 Å². The van der Waals surface area contributed by atoms with Gasteiger partial charge in [-0.15, -0.1) is 0 Å². The molecule has 5 heteroatoms. The van der Waals surface area contributed by atoms with Crippen LogP contribution in [0.3, 0.4) is 0 Å². The second kappa shape index (κ2) is 4.01. The van der Waals surface area contributed by atoms with E-state index < -0.39 is 0 Å². The van der Waals surface area contributed by atoms with Crippen LogP contribution in [-0.2, 0) is 0 Å². The minimum atomic E-state index is -0.375. The molecule has 4 rings (SSSR count). The molecule has 0 aliphatic carbocycles. The zero-order chi connectivity index (χ0) is 13.9. The summed E-state index contributed by atoms with van der Waals surface area (Å²) in [5.74, 6) is 0. The first-order valence-corrected chi connectivity index (χ1v) is 6.73. The van der Waals surface area contributed by atoms with Gasteiger partial charge in [0.1, 0.15) is 0 Å². The summed E-state index contributed by atoms with van der Waals surface area (Å²) in [6, 6.07) is 10.7. The van der Waals surface area contributed by atoms with E-state index in [-0.39, 0.29) is 5.63 Å². The van der Waals surface area contributed by atoms with Crippen LogP contribution in [0.4, 0.5) is 0 Å². The molecule has 0 aliphatic heterocycles. The predicted octanol–water partition coefficient (Wildman–Crippen LogP) is 4.73. The highest BCUT2D eigenvalue weighted by molar-refractivity contribution is 6.40. The minimum Gasteiger partial charge on any atom is -0.420 e. The number of nitrogens with one attached hydrogen (secondary N) is 1. The largest absolute Gasteiger partial charge is 0.420 e. The van der Waals surface area contributed by atoms with Crippen LogP contribution in [0.1, 0.15) is 0 Å². The van der Waals surface area contributed by atoms with E-state index in [0.29, 0.717) is 26.4 Å². The molecule has 4 aromatic rings. The molecule has 98 valence electrons. The second-order valence-electron chi connectivity index (χ2n) is 4.57. The van der Waals surface area contributed by atoms with Gasteiger partial charge < -0.3 is 9.40 Å². The number of H-pyrrole nitrogens is 1. The summed E-state index contributed by atoms with van der Waals surface area (Å²) in [6.07, 6.45) is 0. The number of aromatic amines is 1. The monoisotopic (exact) mass is 303 g/mol. The van der Waals surface area contributed by atoms with Gasteiger partial charge in [-0.05, 0) is 18.2 Å². The van der Waals surface area contributed by atoms with E-state index in [2.05, 4.69) is 4.98 Å². The van der Waals surface area contributed by atoms with Crippen molar-refractivity contribution >= 4 is 56.0 Å². The number of fused-ring (bicyclic) bond motifs is 5. The Hall–Kier alpha value is -1.97. The number of halogens is 2. The first-order valence-electron chi connectivity index (χ1n) is 5.97. The number of rotatable bonds is 0. The van der Waals surface area contributed by atoms with Gasteiger partial charge in [-0.3, -0.25) is 0 Å². The zero-order valence-corrected chi connectivity index (χ0v) is 11.5. The molecule has 20 heavy (non-hydrogen) atoms. The molecule has 0 atom stereocenters. The Morgan fingerprint density at radius 3 is 2.60 bits per heavy atom. The number of hydrogen-bond donors (Lipinski definition) is 1. The quantitative estimate of drug-likeness (QED) is 0.510. The van der Waals surface area contributed by atoms with Gasteiger partial charge in [0.25, 0.3) is 0 Å². The van der Waals surface area contributed by atoms with Crippen molar-refractivity contribution in [2.45, 2.75) is 0 Å². The van der Waals surface area contributed by atoms with Crippen molar-refractivity contribution in [2.75, 3.05) is 0 Å². The normalized spacial score (nSPS) is 11.7. The molecule has 2 heterocycles. The van der Waals surface area contributed by atoms with Crippen LogP contribution >= 0.6 is 23.2 Å². The fourth-order valence-corrected chi connectivity index (χ4v) is 3.12. The van der Waals surface area contributed by atoms with Crippen molar-refractivity contribution in [3.63, 3.8) is 0 Å². The van der Waals surface area contributed by atoms with E-state index in [9.17, 15) is 4.79 Å². The SMILES string of the molecule is O=c1oc2c([nH]c3cc(Cl)cc(Cl)c32)c2ccccc12. The molecule has 0 saturated carbocycles. The number of benzene rings is 2. The molecule has 3 nitrogen and oxygen atoms in total. The van der Waals surface area contributed by atoms with Gasteiger partial charge in [0.15, 0.2) is 5.58 Å². The molecule has 0 fully saturated rings. The zero-order valence-electron chi connectivity index (χ0n) is 10.0. The van der Waals surface area contributed by atoms with Crippen LogP contribution in [0.15, 0.2) is 45.6 Å². The molecule has 0 radical (unpaired) electrons. The molecule has 0 unspecified atom stereocenters. The Labute approximate surface area is 122 Å². The van der Waals surface area contributed by atoms with Crippen molar-refractivity contribution in [1.29, 1.82) is 0 Å². The molecule has 2 aromatic heterocycles. The fraction of sp³-hybridized carbons (Fsp3) is 0. The van der Waals surface area contributed by atoms with E-state index in [4.69, 9.17) is 27.6 Å². The lowest BCUT2D eigenvalue weighted by atomic mass is 10.1. The lowest BCUT2D eigenvalue weighted by molar-refractivity contribution is 0.573. The van der Waals surface area contributed by atoms with Crippen LogP contribution in [0.2, 0.25) is 10.0 Å². The highest BCUT2D eigenvalue weighted by Gasteiger charge is 2.15. The minimum absolute atomic E-state index is 0.375. The average Bonchev–Trinajstić information content (AvgIpc) is 2.77. The lowest BCUT2D eigenvalue weighted by Gasteiger charge is -1.98. The maximum absolute atomic E-state index is 12.1. The Morgan fingerprint density at radius 1 is 1.05 bits per heavy atom. The Bertz CT molecular complexity index is 1050.